The lowest BCUT2D eigenvalue weighted by Crippen LogP contribution is -2.34. The summed E-state index contributed by atoms with van der Waals surface area (Å²) in [5.74, 6) is 0.467. The summed E-state index contributed by atoms with van der Waals surface area (Å²) in [7, 11) is 0. The van der Waals surface area contributed by atoms with E-state index in [0.717, 1.165) is 5.56 Å². The molecule has 0 bridgehead atoms. The minimum absolute atomic E-state index is 0.00356. The number of nitrogens with one attached hydrogen (secondary N) is 1. The molecular weight excluding hydrogens is 242 g/mol. The van der Waals surface area contributed by atoms with Crippen LogP contribution in [0.1, 0.15) is 25.5 Å². The normalized spacial score (nSPS) is 14.6. The lowest BCUT2D eigenvalue weighted by atomic mass is 10.1. The molecule has 0 radical (unpaired) electrons. The molecule has 0 fully saturated rings. The van der Waals surface area contributed by atoms with Crippen molar-refractivity contribution in [2.45, 2.75) is 26.0 Å². The highest BCUT2D eigenvalue weighted by Crippen LogP contribution is 2.11. The molecule has 0 aromatic heterocycles. The predicted octanol–water partition coefficient (Wildman–Crippen LogP) is 1.34. The Morgan fingerprint density at radius 2 is 1.84 bits per heavy atom. The highest BCUT2D eigenvalue weighted by Gasteiger charge is 2.12. The molecule has 0 aliphatic carbocycles. The van der Waals surface area contributed by atoms with Gasteiger partial charge in [-0.1, -0.05) is 44.2 Å². The van der Waals surface area contributed by atoms with Crippen LogP contribution in [0.25, 0.3) is 0 Å². The van der Waals surface area contributed by atoms with E-state index in [2.05, 4.69) is 19.2 Å². The lowest BCUT2D eigenvalue weighted by molar-refractivity contribution is 0.0240. The Hall–Kier alpha value is -0.940. The maximum absolute atomic E-state index is 9.78. The smallest absolute Gasteiger partial charge is 0.0897 e. The van der Waals surface area contributed by atoms with Crippen LogP contribution in [0, 0.1) is 5.92 Å². The molecule has 2 atom stereocenters. The minimum Gasteiger partial charge on any atom is -0.394 e. The van der Waals surface area contributed by atoms with E-state index in [-0.39, 0.29) is 12.6 Å². The fourth-order valence-electron chi connectivity index (χ4n) is 1.75. The van der Waals surface area contributed by atoms with Gasteiger partial charge < -0.3 is 20.3 Å². The van der Waals surface area contributed by atoms with Crippen LogP contribution in [0.2, 0.25) is 0 Å². The van der Waals surface area contributed by atoms with E-state index >= 15 is 0 Å². The van der Waals surface area contributed by atoms with Crippen LogP contribution < -0.4 is 5.32 Å². The summed E-state index contributed by atoms with van der Waals surface area (Å²) >= 11 is 0. The Bertz CT molecular complexity index is 329. The van der Waals surface area contributed by atoms with Crippen molar-refractivity contribution in [3.05, 3.63) is 35.9 Å². The fourth-order valence-corrected chi connectivity index (χ4v) is 1.75. The van der Waals surface area contributed by atoms with Crippen LogP contribution in [0.4, 0.5) is 0 Å². The quantitative estimate of drug-likeness (QED) is 0.632. The van der Waals surface area contributed by atoms with Gasteiger partial charge in [-0.05, 0) is 11.5 Å². The maximum Gasteiger partial charge on any atom is 0.0897 e. The Balaban J connectivity index is 2.29. The zero-order chi connectivity index (χ0) is 14.1. The fraction of sp³-hybridized carbons (Fsp3) is 0.600. The van der Waals surface area contributed by atoms with Crippen molar-refractivity contribution in [1.29, 1.82) is 0 Å². The Labute approximate surface area is 115 Å². The van der Waals surface area contributed by atoms with E-state index < -0.39 is 6.10 Å². The van der Waals surface area contributed by atoms with Gasteiger partial charge in [0.25, 0.3) is 0 Å². The molecule has 4 nitrogen and oxygen atoms in total. The van der Waals surface area contributed by atoms with E-state index in [1.807, 2.05) is 30.3 Å². The van der Waals surface area contributed by atoms with Crippen LogP contribution in [-0.2, 0) is 4.74 Å². The highest BCUT2D eigenvalue weighted by atomic mass is 16.5. The first kappa shape index (κ1) is 16.1. The Morgan fingerprint density at radius 1 is 1.16 bits per heavy atom. The van der Waals surface area contributed by atoms with Gasteiger partial charge in [0.1, 0.15) is 0 Å². The number of aliphatic hydroxyl groups is 2. The SMILES string of the molecule is CC(C)COCC(O)CNC(CO)c1ccccc1. The van der Waals surface area contributed by atoms with Crippen LogP contribution in [0.15, 0.2) is 30.3 Å². The van der Waals surface area contributed by atoms with Crippen molar-refractivity contribution < 1.29 is 14.9 Å². The third-order valence-corrected chi connectivity index (χ3v) is 2.75. The molecule has 0 aliphatic heterocycles. The summed E-state index contributed by atoms with van der Waals surface area (Å²) in [5.41, 5.74) is 1.01. The van der Waals surface area contributed by atoms with Crippen molar-refractivity contribution in [2.24, 2.45) is 5.92 Å². The summed E-state index contributed by atoms with van der Waals surface area (Å²) in [5, 5.41) is 22.3. The highest BCUT2D eigenvalue weighted by molar-refractivity contribution is 5.18. The van der Waals surface area contributed by atoms with Crippen LogP contribution >= 0.6 is 0 Å². The van der Waals surface area contributed by atoms with Crippen LogP contribution in [0.5, 0.6) is 0 Å². The minimum atomic E-state index is -0.559. The lowest BCUT2D eigenvalue weighted by Gasteiger charge is -2.19. The van der Waals surface area contributed by atoms with Crippen molar-refractivity contribution in [3.63, 3.8) is 0 Å². The summed E-state index contributed by atoms with van der Waals surface area (Å²) in [6.07, 6.45) is -0.559. The molecule has 2 unspecified atom stereocenters. The molecule has 1 aromatic rings. The van der Waals surface area contributed by atoms with Crippen molar-refractivity contribution in [1.82, 2.24) is 5.32 Å². The number of hydrogen-bond donors (Lipinski definition) is 3. The molecule has 108 valence electrons. The standard InChI is InChI=1S/C15H25NO3/c1-12(2)10-19-11-14(18)8-16-15(9-17)13-6-4-3-5-7-13/h3-7,12,14-18H,8-11H2,1-2H3. The van der Waals surface area contributed by atoms with Gasteiger partial charge in [-0.2, -0.15) is 0 Å². The first-order valence-electron chi connectivity index (χ1n) is 6.78. The summed E-state index contributed by atoms with van der Waals surface area (Å²) in [6.45, 7) is 5.52. The van der Waals surface area contributed by atoms with Crippen molar-refractivity contribution in [3.8, 4) is 0 Å². The summed E-state index contributed by atoms with van der Waals surface area (Å²) < 4.78 is 5.38. The van der Waals surface area contributed by atoms with Gasteiger partial charge in [0, 0.05) is 13.2 Å². The Kier molecular flexibility index (Phi) is 7.67. The molecule has 1 aromatic carbocycles. The largest absolute Gasteiger partial charge is 0.394 e. The molecule has 0 amide bonds. The first-order valence-corrected chi connectivity index (χ1v) is 6.78. The Morgan fingerprint density at radius 3 is 2.42 bits per heavy atom. The maximum atomic E-state index is 9.78. The molecule has 0 aliphatic rings. The van der Waals surface area contributed by atoms with Gasteiger partial charge in [0.05, 0.1) is 25.4 Å². The zero-order valence-electron chi connectivity index (χ0n) is 11.7. The number of ether oxygens (including phenoxy) is 1. The molecule has 0 saturated heterocycles. The number of hydrogen-bond acceptors (Lipinski definition) is 4. The van der Waals surface area contributed by atoms with E-state index in [1.165, 1.54) is 0 Å². The molecule has 0 heterocycles. The number of aliphatic hydroxyl groups excluding tert-OH is 2. The third kappa shape index (κ3) is 6.68. The van der Waals surface area contributed by atoms with Crippen molar-refractivity contribution >= 4 is 0 Å². The average Bonchev–Trinajstić information content (AvgIpc) is 2.40. The molecule has 4 heteroatoms. The van der Waals surface area contributed by atoms with E-state index in [0.29, 0.717) is 25.7 Å². The van der Waals surface area contributed by atoms with Crippen LogP contribution in [0.3, 0.4) is 0 Å². The van der Waals surface area contributed by atoms with E-state index in [4.69, 9.17) is 4.74 Å². The van der Waals surface area contributed by atoms with Crippen molar-refractivity contribution in [2.75, 3.05) is 26.4 Å². The molecule has 0 saturated carbocycles. The number of rotatable bonds is 9. The molecule has 19 heavy (non-hydrogen) atoms. The summed E-state index contributed by atoms with van der Waals surface area (Å²) in [6, 6.07) is 9.56. The van der Waals surface area contributed by atoms with Gasteiger partial charge in [-0.15, -0.1) is 0 Å². The zero-order valence-corrected chi connectivity index (χ0v) is 11.7. The van der Waals surface area contributed by atoms with Gasteiger partial charge in [-0.3, -0.25) is 0 Å². The van der Waals surface area contributed by atoms with E-state index in [9.17, 15) is 10.2 Å². The predicted molar refractivity (Wildman–Crippen MR) is 75.9 cm³/mol. The first-order chi connectivity index (χ1) is 9.13. The monoisotopic (exact) mass is 267 g/mol. The number of benzene rings is 1. The second-order valence-electron chi connectivity index (χ2n) is 5.14. The molecule has 1 rings (SSSR count). The van der Waals surface area contributed by atoms with E-state index in [1.54, 1.807) is 0 Å². The van der Waals surface area contributed by atoms with Gasteiger partial charge in [0.2, 0.25) is 0 Å². The third-order valence-electron chi connectivity index (χ3n) is 2.75. The second kappa shape index (κ2) is 9.04. The molecule has 3 N–H and O–H groups in total. The average molecular weight is 267 g/mol. The topological polar surface area (TPSA) is 61.7 Å². The molecular formula is C15H25NO3. The van der Waals surface area contributed by atoms with Gasteiger partial charge >= 0.3 is 0 Å². The second-order valence-corrected chi connectivity index (χ2v) is 5.14. The van der Waals surface area contributed by atoms with Gasteiger partial charge in [0.15, 0.2) is 0 Å². The van der Waals surface area contributed by atoms with Gasteiger partial charge in [-0.25, -0.2) is 0 Å². The molecule has 0 spiro atoms. The summed E-state index contributed by atoms with van der Waals surface area (Å²) in [4.78, 5) is 0. The van der Waals surface area contributed by atoms with Crippen LogP contribution in [-0.4, -0.2) is 42.7 Å².